The summed E-state index contributed by atoms with van der Waals surface area (Å²) in [7, 11) is 1.65. The van der Waals surface area contributed by atoms with Crippen LogP contribution in [-0.2, 0) is 14.9 Å². The molecule has 1 saturated heterocycles. The molecule has 2 heterocycles. The van der Waals surface area contributed by atoms with Crippen LogP contribution in [-0.4, -0.2) is 45.0 Å². The second kappa shape index (κ2) is 8.89. The zero-order chi connectivity index (χ0) is 18.7. The summed E-state index contributed by atoms with van der Waals surface area (Å²) in [5, 5.41) is 6.56. The number of halogens is 1. The van der Waals surface area contributed by atoms with Gasteiger partial charge in [0.05, 0.1) is 0 Å². The highest BCUT2D eigenvalue weighted by Crippen LogP contribution is 2.43. The highest BCUT2D eigenvalue weighted by Gasteiger charge is 2.42. The van der Waals surface area contributed by atoms with Gasteiger partial charge < -0.3 is 24.8 Å². The average Bonchev–Trinajstić information content (AvgIpc) is 3.21. The quantitative estimate of drug-likeness (QED) is 0.781. The molecule has 0 atom stereocenters. The first-order valence-electron chi connectivity index (χ1n) is 10.1. The normalized spacial score (nSPS) is 22.2. The monoisotopic (exact) mass is 410 g/mol. The Balaban J connectivity index is 0.00000225. The number of ether oxygens (including phenoxy) is 3. The van der Waals surface area contributed by atoms with Crippen molar-refractivity contribution in [3.05, 3.63) is 23.8 Å². The van der Waals surface area contributed by atoms with Gasteiger partial charge in [-0.2, -0.15) is 0 Å². The fourth-order valence-electron chi connectivity index (χ4n) is 4.79. The van der Waals surface area contributed by atoms with Gasteiger partial charge in [-0.05, 0) is 56.5 Å². The Morgan fingerprint density at radius 2 is 1.82 bits per heavy atom. The number of hydrogen-bond acceptors (Lipinski definition) is 5. The molecule has 2 N–H and O–H groups in total. The van der Waals surface area contributed by atoms with Gasteiger partial charge in [-0.3, -0.25) is 4.79 Å². The van der Waals surface area contributed by atoms with Crippen LogP contribution in [0.3, 0.4) is 0 Å². The standard InChI is InChI=1S/C21H30N2O4.ClH/c1-25-21(9-11-22-12-10-21)19(24)23-14-20(7-3-2-4-8-20)16-5-6-17-18(13-16)27-15-26-17;/h5-6,13,22H,2-4,7-12,14-15H2,1H3,(H,23,24);1H. The van der Waals surface area contributed by atoms with Crippen LogP contribution >= 0.6 is 12.4 Å². The lowest BCUT2D eigenvalue weighted by atomic mass is 9.69. The molecular formula is C21H31ClN2O4. The summed E-state index contributed by atoms with van der Waals surface area (Å²) < 4.78 is 16.7. The number of nitrogens with one attached hydrogen (secondary N) is 2. The van der Waals surface area contributed by atoms with Crippen LogP contribution in [0, 0.1) is 0 Å². The molecular weight excluding hydrogens is 380 g/mol. The lowest BCUT2D eigenvalue weighted by Gasteiger charge is -2.40. The van der Waals surface area contributed by atoms with Gasteiger partial charge in [-0.1, -0.05) is 25.3 Å². The smallest absolute Gasteiger partial charge is 0.252 e. The van der Waals surface area contributed by atoms with E-state index in [2.05, 4.69) is 22.8 Å². The van der Waals surface area contributed by atoms with E-state index in [1.807, 2.05) is 6.07 Å². The topological polar surface area (TPSA) is 68.8 Å². The lowest BCUT2D eigenvalue weighted by molar-refractivity contribution is -0.147. The van der Waals surface area contributed by atoms with Crippen molar-refractivity contribution in [1.29, 1.82) is 0 Å². The first-order valence-corrected chi connectivity index (χ1v) is 10.1. The summed E-state index contributed by atoms with van der Waals surface area (Å²) >= 11 is 0. The Kier molecular flexibility index (Phi) is 6.73. The van der Waals surface area contributed by atoms with E-state index < -0.39 is 5.60 Å². The minimum Gasteiger partial charge on any atom is -0.454 e. The van der Waals surface area contributed by atoms with Crippen molar-refractivity contribution in [1.82, 2.24) is 10.6 Å². The highest BCUT2D eigenvalue weighted by molar-refractivity contribution is 5.85. The third-order valence-corrected chi connectivity index (χ3v) is 6.60. The fourth-order valence-corrected chi connectivity index (χ4v) is 4.79. The van der Waals surface area contributed by atoms with E-state index in [0.717, 1.165) is 37.4 Å². The molecule has 1 aliphatic carbocycles. The number of rotatable bonds is 5. The number of hydrogen-bond donors (Lipinski definition) is 2. The maximum atomic E-state index is 13.0. The molecule has 1 aromatic rings. The van der Waals surface area contributed by atoms with Crippen molar-refractivity contribution in [2.75, 3.05) is 33.5 Å². The minimum absolute atomic E-state index is 0. The summed E-state index contributed by atoms with van der Waals surface area (Å²) in [6, 6.07) is 6.25. The van der Waals surface area contributed by atoms with Gasteiger partial charge in [0.15, 0.2) is 11.5 Å². The zero-order valence-corrected chi connectivity index (χ0v) is 17.4. The molecule has 0 bridgehead atoms. The molecule has 0 aromatic heterocycles. The van der Waals surface area contributed by atoms with E-state index >= 15 is 0 Å². The molecule has 7 heteroatoms. The third-order valence-electron chi connectivity index (χ3n) is 6.60. The van der Waals surface area contributed by atoms with Crippen LogP contribution in [0.2, 0.25) is 0 Å². The van der Waals surface area contributed by atoms with Crippen molar-refractivity contribution in [3.63, 3.8) is 0 Å². The molecule has 2 fully saturated rings. The van der Waals surface area contributed by atoms with Gasteiger partial charge in [-0.25, -0.2) is 0 Å². The maximum Gasteiger partial charge on any atom is 0.252 e. The third kappa shape index (κ3) is 3.95. The van der Waals surface area contributed by atoms with Gasteiger partial charge in [0.25, 0.3) is 5.91 Å². The Bertz CT molecular complexity index is 685. The highest BCUT2D eigenvalue weighted by atomic mass is 35.5. The fraction of sp³-hybridized carbons (Fsp3) is 0.667. The molecule has 0 unspecified atom stereocenters. The van der Waals surface area contributed by atoms with Crippen molar-refractivity contribution >= 4 is 18.3 Å². The second-order valence-corrected chi connectivity index (χ2v) is 8.04. The molecule has 2 aliphatic heterocycles. The maximum absolute atomic E-state index is 13.0. The molecule has 3 aliphatic rings. The van der Waals surface area contributed by atoms with E-state index in [1.165, 1.54) is 24.8 Å². The van der Waals surface area contributed by atoms with Gasteiger partial charge in [0, 0.05) is 19.1 Å². The van der Waals surface area contributed by atoms with E-state index in [1.54, 1.807) is 7.11 Å². The molecule has 0 spiro atoms. The molecule has 156 valence electrons. The van der Waals surface area contributed by atoms with E-state index in [-0.39, 0.29) is 30.5 Å². The Morgan fingerprint density at radius 1 is 1.11 bits per heavy atom. The summed E-state index contributed by atoms with van der Waals surface area (Å²) in [4.78, 5) is 13.0. The minimum atomic E-state index is -0.698. The summed E-state index contributed by atoms with van der Waals surface area (Å²) in [5.41, 5.74) is 0.496. The van der Waals surface area contributed by atoms with Crippen LogP contribution in [0.1, 0.15) is 50.5 Å². The van der Waals surface area contributed by atoms with Gasteiger partial charge >= 0.3 is 0 Å². The number of methoxy groups -OCH3 is 1. The SMILES string of the molecule is COC1(C(=O)NCC2(c3ccc4c(c3)OCO4)CCCCC2)CCNCC1.Cl. The van der Waals surface area contributed by atoms with Gasteiger partial charge in [-0.15, -0.1) is 12.4 Å². The average molecular weight is 411 g/mol. The number of amides is 1. The zero-order valence-electron chi connectivity index (χ0n) is 16.6. The second-order valence-electron chi connectivity index (χ2n) is 8.04. The first-order chi connectivity index (χ1) is 13.2. The van der Waals surface area contributed by atoms with Crippen molar-refractivity contribution < 1.29 is 19.0 Å². The lowest BCUT2D eigenvalue weighted by Crippen LogP contribution is -2.56. The Morgan fingerprint density at radius 3 is 2.54 bits per heavy atom. The number of piperidine rings is 1. The summed E-state index contributed by atoms with van der Waals surface area (Å²) in [5.74, 6) is 1.65. The van der Waals surface area contributed by atoms with Crippen LogP contribution in [0.4, 0.5) is 0 Å². The molecule has 1 aromatic carbocycles. The van der Waals surface area contributed by atoms with Gasteiger partial charge in [0.2, 0.25) is 6.79 Å². The van der Waals surface area contributed by atoms with Crippen molar-refractivity contribution in [2.24, 2.45) is 0 Å². The van der Waals surface area contributed by atoms with Crippen LogP contribution < -0.4 is 20.1 Å². The first kappa shape index (κ1) is 21.2. The van der Waals surface area contributed by atoms with Crippen molar-refractivity contribution in [3.8, 4) is 11.5 Å². The van der Waals surface area contributed by atoms with E-state index in [0.29, 0.717) is 19.4 Å². The van der Waals surface area contributed by atoms with Gasteiger partial charge in [0.1, 0.15) is 5.60 Å². The molecule has 6 nitrogen and oxygen atoms in total. The predicted molar refractivity (Wildman–Crippen MR) is 109 cm³/mol. The molecule has 4 rings (SSSR count). The molecule has 1 saturated carbocycles. The Labute approximate surface area is 173 Å². The predicted octanol–water partition coefficient (Wildman–Crippen LogP) is 2.92. The Hall–Kier alpha value is -1.50. The molecule has 28 heavy (non-hydrogen) atoms. The number of benzene rings is 1. The summed E-state index contributed by atoms with van der Waals surface area (Å²) in [6.45, 7) is 2.56. The van der Waals surface area contributed by atoms with Crippen LogP contribution in [0.25, 0.3) is 0 Å². The van der Waals surface area contributed by atoms with E-state index in [4.69, 9.17) is 14.2 Å². The van der Waals surface area contributed by atoms with Crippen molar-refractivity contribution in [2.45, 2.75) is 56.0 Å². The number of fused-ring (bicyclic) bond motifs is 1. The number of carbonyl (C=O) groups excluding carboxylic acids is 1. The van der Waals surface area contributed by atoms with E-state index in [9.17, 15) is 4.79 Å². The molecule has 0 radical (unpaired) electrons. The number of carbonyl (C=O) groups is 1. The molecule has 1 amide bonds. The largest absolute Gasteiger partial charge is 0.454 e. The van der Waals surface area contributed by atoms with Crippen LogP contribution in [0.5, 0.6) is 11.5 Å². The van der Waals surface area contributed by atoms with Crippen LogP contribution in [0.15, 0.2) is 18.2 Å². The summed E-state index contributed by atoms with van der Waals surface area (Å²) in [6.07, 6.45) is 7.21.